The number of aromatic nitrogens is 3. The van der Waals surface area contributed by atoms with Gasteiger partial charge >= 0.3 is 0 Å². The van der Waals surface area contributed by atoms with Gasteiger partial charge in [0.15, 0.2) is 6.61 Å². The van der Waals surface area contributed by atoms with E-state index in [-0.39, 0.29) is 12.5 Å². The van der Waals surface area contributed by atoms with Crippen molar-refractivity contribution in [2.45, 2.75) is 47.5 Å². The fourth-order valence-corrected chi connectivity index (χ4v) is 4.28. The van der Waals surface area contributed by atoms with E-state index in [1.54, 1.807) is 4.80 Å². The van der Waals surface area contributed by atoms with E-state index in [4.69, 9.17) is 4.74 Å². The van der Waals surface area contributed by atoms with Crippen LogP contribution in [0.3, 0.4) is 0 Å². The molecule has 0 saturated heterocycles. The Labute approximate surface area is 213 Å². The number of nitrogens with zero attached hydrogens (tertiary/aromatic N) is 4. The molecule has 188 valence electrons. The van der Waals surface area contributed by atoms with Crippen LogP contribution in [0.2, 0.25) is 0 Å². The number of amides is 1. The van der Waals surface area contributed by atoms with Crippen molar-refractivity contribution in [2.24, 2.45) is 0 Å². The number of benzene rings is 3. The molecule has 0 spiro atoms. The minimum atomic E-state index is -0.215. The molecular weight excluding hydrogens is 450 g/mol. The van der Waals surface area contributed by atoms with Gasteiger partial charge in [-0.05, 0) is 92.8 Å². The summed E-state index contributed by atoms with van der Waals surface area (Å²) in [5.41, 5.74) is 7.36. The summed E-state index contributed by atoms with van der Waals surface area (Å²) in [6.45, 7) is 14.3. The van der Waals surface area contributed by atoms with Crippen LogP contribution < -0.4 is 15.0 Å². The number of anilines is 2. The summed E-state index contributed by atoms with van der Waals surface area (Å²) in [7, 11) is 0. The average molecular weight is 486 g/mol. The summed E-state index contributed by atoms with van der Waals surface area (Å²) in [5, 5.41) is 12.3. The van der Waals surface area contributed by atoms with Crippen molar-refractivity contribution in [1.29, 1.82) is 0 Å². The van der Waals surface area contributed by atoms with E-state index in [0.717, 1.165) is 46.7 Å². The third kappa shape index (κ3) is 5.51. The lowest BCUT2D eigenvalue weighted by atomic mass is 10.0. The fraction of sp³-hybridized carbons (Fsp3) is 0.345. The molecule has 0 aliphatic rings. The molecule has 1 N–H and O–H groups in total. The lowest BCUT2D eigenvalue weighted by Crippen LogP contribution is -2.21. The van der Waals surface area contributed by atoms with Crippen LogP contribution in [-0.2, 0) is 4.79 Å². The SMILES string of the molecule is CCN(CC)c1ccc(-n2nc3cc(C)c(NC(=O)COc4cc(C)ccc4C(C)C)cc3n2)cc1. The molecule has 1 heterocycles. The average Bonchev–Trinajstić information content (AvgIpc) is 3.26. The Morgan fingerprint density at radius 2 is 1.64 bits per heavy atom. The molecule has 0 aliphatic carbocycles. The van der Waals surface area contributed by atoms with Crippen molar-refractivity contribution in [3.05, 3.63) is 71.3 Å². The summed E-state index contributed by atoms with van der Waals surface area (Å²) < 4.78 is 5.90. The summed E-state index contributed by atoms with van der Waals surface area (Å²) >= 11 is 0. The van der Waals surface area contributed by atoms with E-state index in [2.05, 4.69) is 72.4 Å². The van der Waals surface area contributed by atoms with E-state index >= 15 is 0 Å². The number of hydrogen-bond acceptors (Lipinski definition) is 5. The molecule has 0 saturated carbocycles. The van der Waals surface area contributed by atoms with Crippen LogP contribution in [0.25, 0.3) is 16.7 Å². The predicted molar refractivity (Wildman–Crippen MR) is 147 cm³/mol. The van der Waals surface area contributed by atoms with Crippen molar-refractivity contribution in [3.8, 4) is 11.4 Å². The Kier molecular flexibility index (Phi) is 7.58. The van der Waals surface area contributed by atoms with E-state index < -0.39 is 0 Å². The Bertz CT molecular complexity index is 1350. The lowest BCUT2D eigenvalue weighted by molar-refractivity contribution is -0.118. The van der Waals surface area contributed by atoms with Crippen LogP contribution >= 0.6 is 0 Å². The number of rotatable bonds is 9. The van der Waals surface area contributed by atoms with E-state index in [9.17, 15) is 4.79 Å². The maximum atomic E-state index is 12.7. The first-order valence-corrected chi connectivity index (χ1v) is 12.5. The monoisotopic (exact) mass is 485 g/mol. The van der Waals surface area contributed by atoms with Crippen molar-refractivity contribution in [3.63, 3.8) is 0 Å². The first kappa shape index (κ1) is 25.2. The topological polar surface area (TPSA) is 72.3 Å². The van der Waals surface area contributed by atoms with Gasteiger partial charge in [0.25, 0.3) is 5.91 Å². The first-order valence-electron chi connectivity index (χ1n) is 12.5. The molecule has 0 fully saturated rings. The van der Waals surface area contributed by atoms with E-state index in [0.29, 0.717) is 17.1 Å². The molecule has 0 unspecified atom stereocenters. The largest absolute Gasteiger partial charge is 0.483 e. The number of carbonyl (C=O) groups is 1. The summed E-state index contributed by atoms with van der Waals surface area (Å²) in [6.07, 6.45) is 0. The molecule has 0 aliphatic heterocycles. The van der Waals surface area contributed by atoms with Gasteiger partial charge in [-0.15, -0.1) is 10.2 Å². The zero-order valence-corrected chi connectivity index (χ0v) is 22.0. The van der Waals surface area contributed by atoms with E-state index in [1.807, 2.05) is 44.2 Å². The number of ether oxygens (including phenoxy) is 1. The standard InChI is InChI=1S/C29H35N5O2/c1-7-33(8-2)22-10-12-23(13-11-22)34-31-26-16-21(6)25(17-27(26)32-34)30-29(35)18-36-28-15-20(5)9-14-24(28)19(3)4/h9-17,19H,7-8,18H2,1-6H3,(H,30,35). The van der Waals surface area contributed by atoms with Crippen molar-refractivity contribution < 1.29 is 9.53 Å². The number of carbonyl (C=O) groups excluding carboxylic acids is 1. The van der Waals surface area contributed by atoms with Gasteiger partial charge in [0.05, 0.1) is 5.69 Å². The normalized spacial score (nSPS) is 11.2. The van der Waals surface area contributed by atoms with Crippen LogP contribution in [0.15, 0.2) is 54.6 Å². The molecule has 7 heteroatoms. The first-order chi connectivity index (χ1) is 17.3. The quantitative estimate of drug-likeness (QED) is 0.314. The van der Waals surface area contributed by atoms with Gasteiger partial charge in [-0.2, -0.15) is 4.80 Å². The van der Waals surface area contributed by atoms with Crippen LogP contribution in [-0.4, -0.2) is 40.6 Å². The van der Waals surface area contributed by atoms with E-state index in [1.165, 1.54) is 5.69 Å². The smallest absolute Gasteiger partial charge is 0.262 e. The highest BCUT2D eigenvalue weighted by Gasteiger charge is 2.14. The minimum Gasteiger partial charge on any atom is -0.483 e. The minimum absolute atomic E-state index is 0.0633. The van der Waals surface area contributed by atoms with Crippen molar-refractivity contribution in [1.82, 2.24) is 15.0 Å². The second-order valence-corrected chi connectivity index (χ2v) is 9.37. The third-order valence-corrected chi connectivity index (χ3v) is 6.36. The molecule has 0 atom stereocenters. The van der Waals surface area contributed by atoms with Crippen LogP contribution in [0.1, 0.15) is 50.3 Å². The Hall–Kier alpha value is -3.87. The molecular formula is C29H35N5O2. The van der Waals surface area contributed by atoms with Gasteiger partial charge in [0.1, 0.15) is 16.8 Å². The zero-order chi connectivity index (χ0) is 25.8. The lowest BCUT2D eigenvalue weighted by Gasteiger charge is -2.20. The predicted octanol–water partition coefficient (Wildman–Crippen LogP) is 6.02. The summed E-state index contributed by atoms with van der Waals surface area (Å²) in [4.78, 5) is 16.6. The Morgan fingerprint density at radius 3 is 2.28 bits per heavy atom. The molecule has 36 heavy (non-hydrogen) atoms. The highest BCUT2D eigenvalue weighted by atomic mass is 16.5. The molecule has 4 aromatic rings. The van der Waals surface area contributed by atoms with Crippen LogP contribution in [0.4, 0.5) is 11.4 Å². The molecule has 1 amide bonds. The molecule has 1 aromatic heterocycles. The number of fused-ring (bicyclic) bond motifs is 1. The van der Waals surface area contributed by atoms with Gasteiger partial charge in [0.2, 0.25) is 0 Å². The van der Waals surface area contributed by atoms with Gasteiger partial charge < -0.3 is 15.0 Å². The van der Waals surface area contributed by atoms with Gasteiger partial charge in [-0.1, -0.05) is 26.0 Å². The van der Waals surface area contributed by atoms with Gasteiger partial charge in [-0.3, -0.25) is 4.79 Å². The molecule has 7 nitrogen and oxygen atoms in total. The highest BCUT2D eigenvalue weighted by Crippen LogP contribution is 2.28. The third-order valence-electron chi connectivity index (χ3n) is 6.36. The Balaban J connectivity index is 1.49. The summed E-state index contributed by atoms with van der Waals surface area (Å²) in [6, 6.07) is 18.1. The molecule has 0 radical (unpaired) electrons. The highest BCUT2D eigenvalue weighted by molar-refractivity contribution is 5.95. The van der Waals surface area contributed by atoms with Crippen LogP contribution in [0.5, 0.6) is 5.75 Å². The van der Waals surface area contributed by atoms with Gasteiger partial charge in [-0.25, -0.2) is 0 Å². The maximum Gasteiger partial charge on any atom is 0.262 e. The second kappa shape index (κ2) is 10.8. The number of hydrogen-bond donors (Lipinski definition) is 1. The Morgan fingerprint density at radius 1 is 0.972 bits per heavy atom. The molecule has 3 aromatic carbocycles. The zero-order valence-electron chi connectivity index (χ0n) is 22.0. The number of aryl methyl sites for hydroxylation is 2. The number of nitrogens with one attached hydrogen (secondary N) is 1. The second-order valence-electron chi connectivity index (χ2n) is 9.37. The van der Waals surface area contributed by atoms with Crippen molar-refractivity contribution >= 4 is 28.3 Å². The summed E-state index contributed by atoms with van der Waals surface area (Å²) in [5.74, 6) is 0.847. The van der Waals surface area contributed by atoms with Crippen molar-refractivity contribution in [2.75, 3.05) is 29.9 Å². The van der Waals surface area contributed by atoms with Crippen LogP contribution in [0, 0.1) is 13.8 Å². The molecule has 4 rings (SSSR count). The molecule has 0 bridgehead atoms. The maximum absolute atomic E-state index is 12.7. The fourth-order valence-electron chi connectivity index (χ4n) is 4.28. The van der Waals surface area contributed by atoms with Gasteiger partial charge in [0, 0.05) is 24.5 Å².